The SMILES string of the molecule is CC(C)N1CCCc2ccc(C(O)CN3CCNCC3)cc21. The zero-order valence-corrected chi connectivity index (χ0v) is 13.9. The second-order valence-corrected chi connectivity index (χ2v) is 6.85. The molecule has 1 unspecified atom stereocenters. The van der Waals surface area contributed by atoms with Crippen LogP contribution >= 0.6 is 0 Å². The van der Waals surface area contributed by atoms with Gasteiger partial charge in [0.1, 0.15) is 0 Å². The first-order valence-corrected chi connectivity index (χ1v) is 8.66. The number of aliphatic hydroxyl groups is 1. The quantitative estimate of drug-likeness (QED) is 0.889. The van der Waals surface area contributed by atoms with Crippen LogP contribution in [0.3, 0.4) is 0 Å². The molecule has 2 heterocycles. The Morgan fingerprint density at radius 1 is 1.18 bits per heavy atom. The lowest BCUT2D eigenvalue weighted by Gasteiger charge is -2.35. The molecule has 1 fully saturated rings. The molecule has 2 aliphatic rings. The van der Waals surface area contributed by atoms with Crippen LogP contribution in [0, 0.1) is 0 Å². The molecule has 4 heteroatoms. The van der Waals surface area contributed by atoms with Crippen molar-refractivity contribution in [2.24, 2.45) is 0 Å². The number of rotatable bonds is 4. The molecule has 0 saturated carbocycles. The predicted octanol–water partition coefficient (Wildman–Crippen LogP) is 1.79. The summed E-state index contributed by atoms with van der Waals surface area (Å²) in [5.41, 5.74) is 3.82. The van der Waals surface area contributed by atoms with Gasteiger partial charge >= 0.3 is 0 Å². The molecule has 0 amide bonds. The van der Waals surface area contributed by atoms with Gasteiger partial charge in [-0.1, -0.05) is 12.1 Å². The minimum Gasteiger partial charge on any atom is -0.387 e. The van der Waals surface area contributed by atoms with Gasteiger partial charge in [-0.15, -0.1) is 0 Å². The van der Waals surface area contributed by atoms with Crippen LogP contribution in [0.2, 0.25) is 0 Å². The molecule has 0 aliphatic carbocycles. The summed E-state index contributed by atoms with van der Waals surface area (Å²) in [5.74, 6) is 0. The molecule has 2 aliphatic heterocycles. The third kappa shape index (κ3) is 3.45. The highest BCUT2D eigenvalue weighted by Crippen LogP contribution is 2.31. The van der Waals surface area contributed by atoms with Crippen LogP contribution in [0.5, 0.6) is 0 Å². The number of nitrogens with one attached hydrogen (secondary N) is 1. The first-order valence-electron chi connectivity index (χ1n) is 8.66. The van der Waals surface area contributed by atoms with Crippen LogP contribution in [0.25, 0.3) is 0 Å². The monoisotopic (exact) mass is 303 g/mol. The van der Waals surface area contributed by atoms with Gasteiger partial charge < -0.3 is 15.3 Å². The standard InChI is InChI=1S/C18H29N3O/c1-14(2)21-9-3-4-15-5-6-16(12-17(15)21)18(22)13-20-10-7-19-8-11-20/h5-6,12,14,18-19,22H,3-4,7-11,13H2,1-2H3. The van der Waals surface area contributed by atoms with Crippen LogP contribution < -0.4 is 10.2 Å². The van der Waals surface area contributed by atoms with Crippen LogP contribution in [-0.2, 0) is 6.42 Å². The van der Waals surface area contributed by atoms with Crippen molar-refractivity contribution in [3.05, 3.63) is 29.3 Å². The van der Waals surface area contributed by atoms with Crippen LogP contribution in [0.1, 0.15) is 37.5 Å². The number of anilines is 1. The minimum absolute atomic E-state index is 0.390. The summed E-state index contributed by atoms with van der Waals surface area (Å²) >= 11 is 0. The number of nitrogens with zero attached hydrogens (tertiary/aromatic N) is 2. The van der Waals surface area contributed by atoms with Gasteiger partial charge in [-0.2, -0.15) is 0 Å². The Balaban J connectivity index is 1.75. The largest absolute Gasteiger partial charge is 0.387 e. The summed E-state index contributed by atoms with van der Waals surface area (Å²) in [6.07, 6.45) is 2.00. The Morgan fingerprint density at radius 3 is 2.68 bits per heavy atom. The lowest BCUT2D eigenvalue weighted by Crippen LogP contribution is -2.45. The van der Waals surface area contributed by atoms with Gasteiger partial charge in [0, 0.05) is 51.0 Å². The summed E-state index contributed by atoms with van der Waals surface area (Å²) < 4.78 is 0. The fraction of sp³-hybridized carbons (Fsp3) is 0.667. The van der Waals surface area contributed by atoms with E-state index in [1.54, 1.807) is 0 Å². The Labute approximate surface area is 134 Å². The molecule has 1 atom stereocenters. The molecule has 0 spiro atoms. The smallest absolute Gasteiger partial charge is 0.0917 e. The second kappa shape index (κ2) is 6.99. The highest BCUT2D eigenvalue weighted by molar-refractivity contribution is 5.58. The zero-order chi connectivity index (χ0) is 15.5. The molecule has 0 aromatic heterocycles. The number of benzene rings is 1. The topological polar surface area (TPSA) is 38.7 Å². The maximum absolute atomic E-state index is 10.6. The van der Waals surface area contributed by atoms with Gasteiger partial charge in [0.2, 0.25) is 0 Å². The van der Waals surface area contributed by atoms with E-state index in [2.05, 4.69) is 47.2 Å². The maximum Gasteiger partial charge on any atom is 0.0917 e. The van der Waals surface area contributed by atoms with Crippen molar-refractivity contribution < 1.29 is 5.11 Å². The predicted molar refractivity (Wildman–Crippen MR) is 91.5 cm³/mol. The number of hydrogen-bond acceptors (Lipinski definition) is 4. The highest BCUT2D eigenvalue weighted by Gasteiger charge is 2.22. The molecule has 1 saturated heterocycles. The van der Waals surface area contributed by atoms with Gasteiger partial charge in [0.25, 0.3) is 0 Å². The molecule has 0 bridgehead atoms. The van der Waals surface area contributed by atoms with Crippen molar-refractivity contribution >= 4 is 5.69 Å². The second-order valence-electron chi connectivity index (χ2n) is 6.85. The van der Waals surface area contributed by atoms with E-state index in [9.17, 15) is 5.11 Å². The lowest BCUT2D eigenvalue weighted by atomic mass is 9.96. The van der Waals surface area contributed by atoms with Crippen molar-refractivity contribution in [1.82, 2.24) is 10.2 Å². The van der Waals surface area contributed by atoms with E-state index >= 15 is 0 Å². The van der Waals surface area contributed by atoms with Gasteiger partial charge in [-0.05, 0) is 43.9 Å². The van der Waals surface area contributed by atoms with E-state index in [1.165, 1.54) is 17.7 Å². The van der Waals surface area contributed by atoms with Gasteiger partial charge in [-0.25, -0.2) is 0 Å². The van der Waals surface area contributed by atoms with E-state index in [0.717, 1.165) is 51.3 Å². The molecule has 0 radical (unpaired) electrons. The normalized spacial score (nSPS) is 21.0. The van der Waals surface area contributed by atoms with Gasteiger partial charge in [0.15, 0.2) is 0 Å². The maximum atomic E-state index is 10.6. The average molecular weight is 303 g/mol. The van der Waals surface area contributed by atoms with E-state index in [4.69, 9.17) is 0 Å². The fourth-order valence-corrected chi connectivity index (χ4v) is 3.61. The Hall–Kier alpha value is -1.10. The number of aliphatic hydroxyl groups excluding tert-OH is 1. The Kier molecular flexibility index (Phi) is 5.01. The van der Waals surface area contributed by atoms with Crippen LogP contribution in [-0.4, -0.2) is 55.3 Å². The number of aryl methyl sites for hydroxylation is 1. The van der Waals surface area contributed by atoms with Crippen LogP contribution in [0.15, 0.2) is 18.2 Å². The Bertz CT molecular complexity index is 497. The van der Waals surface area contributed by atoms with Crippen LogP contribution in [0.4, 0.5) is 5.69 Å². The fourth-order valence-electron chi connectivity index (χ4n) is 3.61. The number of fused-ring (bicyclic) bond motifs is 1. The van der Waals surface area contributed by atoms with Crippen molar-refractivity contribution in [1.29, 1.82) is 0 Å². The summed E-state index contributed by atoms with van der Waals surface area (Å²) in [6, 6.07) is 7.08. The number of β-amino-alcohol motifs (C(OH)–C–C–N with tert-alkyl or cyclic N) is 1. The van der Waals surface area contributed by atoms with E-state index < -0.39 is 0 Å². The molecule has 1 aromatic rings. The zero-order valence-electron chi connectivity index (χ0n) is 13.9. The molecule has 122 valence electrons. The van der Waals surface area contributed by atoms with Crippen molar-refractivity contribution in [3.8, 4) is 0 Å². The molecule has 22 heavy (non-hydrogen) atoms. The number of hydrogen-bond donors (Lipinski definition) is 2. The molecular formula is C18H29N3O. The molecule has 1 aromatic carbocycles. The van der Waals surface area contributed by atoms with Crippen molar-refractivity contribution in [2.45, 2.75) is 38.8 Å². The van der Waals surface area contributed by atoms with E-state index in [0.29, 0.717) is 6.04 Å². The summed E-state index contributed by atoms with van der Waals surface area (Å²) in [4.78, 5) is 4.82. The molecule has 2 N–H and O–H groups in total. The van der Waals surface area contributed by atoms with Gasteiger partial charge in [0.05, 0.1) is 6.10 Å². The molecule has 4 nitrogen and oxygen atoms in total. The first-order chi connectivity index (χ1) is 10.6. The summed E-state index contributed by atoms with van der Waals surface area (Å²) in [5, 5.41) is 14.0. The average Bonchev–Trinajstić information content (AvgIpc) is 2.54. The lowest BCUT2D eigenvalue weighted by molar-refractivity contribution is 0.105. The number of piperazine rings is 1. The third-order valence-electron chi connectivity index (χ3n) is 4.91. The van der Waals surface area contributed by atoms with Crippen molar-refractivity contribution in [3.63, 3.8) is 0 Å². The first kappa shape index (κ1) is 15.8. The summed E-state index contributed by atoms with van der Waals surface area (Å²) in [6.45, 7) is 10.5. The highest BCUT2D eigenvalue weighted by atomic mass is 16.3. The third-order valence-corrected chi connectivity index (χ3v) is 4.91. The summed E-state index contributed by atoms with van der Waals surface area (Å²) in [7, 11) is 0. The van der Waals surface area contributed by atoms with Gasteiger partial charge in [-0.3, -0.25) is 4.90 Å². The minimum atomic E-state index is -0.390. The van der Waals surface area contributed by atoms with Crippen molar-refractivity contribution in [2.75, 3.05) is 44.2 Å². The molecule has 3 rings (SSSR count). The van der Waals surface area contributed by atoms with E-state index in [-0.39, 0.29) is 6.10 Å². The Morgan fingerprint density at radius 2 is 1.95 bits per heavy atom. The van der Waals surface area contributed by atoms with E-state index in [1.807, 2.05) is 0 Å². The molecular weight excluding hydrogens is 274 g/mol.